The number of nitrogens with one attached hydrogen (secondary N) is 1. The van der Waals surface area contributed by atoms with Crippen molar-refractivity contribution in [3.8, 4) is 5.69 Å². The Morgan fingerprint density at radius 3 is 2.54 bits per heavy atom. The molecule has 0 fully saturated rings. The van der Waals surface area contributed by atoms with Gasteiger partial charge in [-0.1, -0.05) is 35.9 Å². The van der Waals surface area contributed by atoms with Crippen LogP contribution in [0.25, 0.3) is 5.69 Å². The van der Waals surface area contributed by atoms with E-state index in [0.29, 0.717) is 12.5 Å². The lowest BCUT2D eigenvalue weighted by atomic mass is 10.1. The van der Waals surface area contributed by atoms with Gasteiger partial charge in [-0.3, -0.25) is 4.99 Å². The van der Waals surface area contributed by atoms with Crippen molar-refractivity contribution < 1.29 is 0 Å². The van der Waals surface area contributed by atoms with Gasteiger partial charge in [0.25, 0.3) is 0 Å². The molecule has 0 saturated heterocycles. The Morgan fingerprint density at radius 2 is 1.81 bits per heavy atom. The molecule has 0 amide bonds. The zero-order chi connectivity index (χ0) is 18.4. The molecule has 3 rings (SSSR count). The lowest BCUT2D eigenvalue weighted by molar-refractivity contribution is 0.827. The smallest absolute Gasteiger partial charge is 0.193 e. The first-order chi connectivity index (χ1) is 12.6. The van der Waals surface area contributed by atoms with Gasteiger partial charge in [-0.05, 0) is 56.5 Å². The SMILES string of the molecule is Cc1ccc(NC(N)=NCCCc2cn(-c3ccccc3)nc2C)cc1. The predicted molar refractivity (Wildman–Crippen MR) is 108 cm³/mol. The number of anilines is 1. The molecular weight excluding hydrogens is 322 g/mol. The van der Waals surface area contributed by atoms with Crippen LogP contribution in [0.2, 0.25) is 0 Å². The molecule has 0 bridgehead atoms. The number of benzene rings is 2. The monoisotopic (exact) mass is 347 g/mol. The molecule has 1 heterocycles. The number of hydrogen-bond acceptors (Lipinski definition) is 2. The minimum atomic E-state index is 0.450. The second-order valence-electron chi connectivity index (χ2n) is 6.38. The topological polar surface area (TPSA) is 68.2 Å². The fourth-order valence-electron chi connectivity index (χ4n) is 2.75. The summed E-state index contributed by atoms with van der Waals surface area (Å²) in [4.78, 5) is 4.41. The average Bonchev–Trinajstić information content (AvgIpc) is 3.02. The molecule has 0 spiro atoms. The van der Waals surface area contributed by atoms with Crippen LogP contribution in [-0.4, -0.2) is 22.3 Å². The molecule has 0 saturated carbocycles. The average molecular weight is 347 g/mol. The fourth-order valence-corrected chi connectivity index (χ4v) is 2.75. The zero-order valence-electron chi connectivity index (χ0n) is 15.3. The van der Waals surface area contributed by atoms with Crippen LogP contribution < -0.4 is 11.1 Å². The van der Waals surface area contributed by atoms with Crippen LogP contribution in [0, 0.1) is 13.8 Å². The minimum Gasteiger partial charge on any atom is -0.370 e. The molecule has 134 valence electrons. The highest BCUT2D eigenvalue weighted by atomic mass is 15.3. The van der Waals surface area contributed by atoms with Crippen molar-refractivity contribution >= 4 is 11.6 Å². The number of rotatable bonds is 6. The number of para-hydroxylation sites is 1. The maximum absolute atomic E-state index is 5.96. The molecule has 0 aliphatic heterocycles. The van der Waals surface area contributed by atoms with E-state index in [-0.39, 0.29) is 0 Å². The van der Waals surface area contributed by atoms with Crippen molar-refractivity contribution in [2.24, 2.45) is 10.7 Å². The Morgan fingerprint density at radius 1 is 1.08 bits per heavy atom. The maximum Gasteiger partial charge on any atom is 0.193 e. The molecule has 1 aromatic heterocycles. The van der Waals surface area contributed by atoms with E-state index in [1.54, 1.807) is 0 Å². The Balaban J connectivity index is 1.51. The summed E-state index contributed by atoms with van der Waals surface area (Å²) in [5.74, 6) is 0.450. The minimum absolute atomic E-state index is 0.450. The second-order valence-corrected chi connectivity index (χ2v) is 6.38. The van der Waals surface area contributed by atoms with Gasteiger partial charge in [-0.2, -0.15) is 5.10 Å². The third-order valence-electron chi connectivity index (χ3n) is 4.23. The van der Waals surface area contributed by atoms with Crippen molar-refractivity contribution in [1.29, 1.82) is 0 Å². The Labute approximate surface area is 154 Å². The van der Waals surface area contributed by atoms with Crippen LogP contribution in [0.3, 0.4) is 0 Å². The maximum atomic E-state index is 5.96. The number of aryl methyl sites for hydroxylation is 3. The molecule has 0 aliphatic carbocycles. The van der Waals surface area contributed by atoms with Crippen LogP contribution in [0.15, 0.2) is 65.8 Å². The summed E-state index contributed by atoms with van der Waals surface area (Å²) in [6, 6.07) is 18.2. The van der Waals surface area contributed by atoms with Crippen molar-refractivity contribution in [3.63, 3.8) is 0 Å². The van der Waals surface area contributed by atoms with Crippen molar-refractivity contribution in [3.05, 3.63) is 77.6 Å². The van der Waals surface area contributed by atoms with E-state index in [9.17, 15) is 0 Å². The highest BCUT2D eigenvalue weighted by Crippen LogP contribution is 2.13. The molecule has 0 radical (unpaired) electrons. The number of aromatic nitrogens is 2. The third kappa shape index (κ3) is 4.72. The number of hydrogen-bond donors (Lipinski definition) is 2. The van der Waals surface area contributed by atoms with Crippen molar-refractivity contribution in [2.75, 3.05) is 11.9 Å². The first-order valence-corrected chi connectivity index (χ1v) is 8.86. The van der Waals surface area contributed by atoms with Crippen LogP contribution in [-0.2, 0) is 6.42 Å². The third-order valence-corrected chi connectivity index (χ3v) is 4.23. The molecule has 5 nitrogen and oxygen atoms in total. The highest BCUT2D eigenvalue weighted by Gasteiger charge is 2.06. The normalized spacial score (nSPS) is 11.5. The van der Waals surface area contributed by atoms with E-state index in [0.717, 1.165) is 29.9 Å². The van der Waals surface area contributed by atoms with Crippen molar-refractivity contribution in [1.82, 2.24) is 9.78 Å². The van der Waals surface area contributed by atoms with Gasteiger partial charge >= 0.3 is 0 Å². The number of aliphatic imine (C=N–C) groups is 1. The van der Waals surface area contributed by atoms with Gasteiger partial charge in [0.05, 0.1) is 11.4 Å². The van der Waals surface area contributed by atoms with Gasteiger partial charge in [0.1, 0.15) is 0 Å². The first-order valence-electron chi connectivity index (χ1n) is 8.86. The molecular formula is C21H25N5. The largest absolute Gasteiger partial charge is 0.370 e. The molecule has 0 aliphatic rings. The Kier molecular flexibility index (Phi) is 5.69. The van der Waals surface area contributed by atoms with Gasteiger partial charge in [-0.15, -0.1) is 0 Å². The molecule has 0 unspecified atom stereocenters. The van der Waals surface area contributed by atoms with Crippen LogP contribution in [0.5, 0.6) is 0 Å². The summed E-state index contributed by atoms with van der Waals surface area (Å²) in [6.07, 6.45) is 3.96. The van der Waals surface area contributed by atoms with E-state index in [1.807, 2.05) is 54.1 Å². The van der Waals surface area contributed by atoms with Gasteiger partial charge in [0.2, 0.25) is 0 Å². The van der Waals surface area contributed by atoms with E-state index >= 15 is 0 Å². The fraction of sp³-hybridized carbons (Fsp3) is 0.238. The van der Waals surface area contributed by atoms with Crippen LogP contribution >= 0.6 is 0 Å². The van der Waals surface area contributed by atoms with Crippen LogP contribution in [0.4, 0.5) is 5.69 Å². The van der Waals surface area contributed by atoms with Gasteiger partial charge in [-0.25, -0.2) is 4.68 Å². The number of nitrogens with two attached hydrogens (primary N) is 1. The molecule has 3 aromatic rings. The van der Waals surface area contributed by atoms with E-state index in [4.69, 9.17) is 5.73 Å². The molecule has 5 heteroatoms. The van der Waals surface area contributed by atoms with Gasteiger partial charge < -0.3 is 11.1 Å². The summed E-state index contributed by atoms with van der Waals surface area (Å²) < 4.78 is 1.93. The Bertz CT molecular complexity index is 863. The quantitative estimate of drug-likeness (QED) is 0.404. The van der Waals surface area contributed by atoms with E-state index < -0.39 is 0 Å². The number of nitrogens with zero attached hydrogens (tertiary/aromatic N) is 3. The van der Waals surface area contributed by atoms with Crippen molar-refractivity contribution in [2.45, 2.75) is 26.7 Å². The highest BCUT2D eigenvalue weighted by molar-refractivity contribution is 5.92. The van der Waals surface area contributed by atoms with Gasteiger partial charge in [0.15, 0.2) is 5.96 Å². The second kappa shape index (κ2) is 8.34. The summed E-state index contributed by atoms with van der Waals surface area (Å²) in [6.45, 7) is 4.79. The summed E-state index contributed by atoms with van der Waals surface area (Å²) >= 11 is 0. The zero-order valence-corrected chi connectivity index (χ0v) is 15.3. The van der Waals surface area contributed by atoms with Crippen LogP contribution in [0.1, 0.15) is 23.2 Å². The summed E-state index contributed by atoms with van der Waals surface area (Å²) in [7, 11) is 0. The Hall–Kier alpha value is -3.08. The van der Waals surface area contributed by atoms with E-state index in [2.05, 4.69) is 40.7 Å². The predicted octanol–water partition coefficient (Wildman–Crippen LogP) is 3.85. The molecule has 0 atom stereocenters. The lowest BCUT2D eigenvalue weighted by Crippen LogP contribution is -2.22. The van der Waals surface area contributed by atoms with Gasteiger partial charge in [0, 0.05) is 18.4 Å². The summed E-state index contributed by atoms with van der Waals surface area (Å²) in [5.41, 5.74) is 11.5. The molecule has 26 heavy (non-hydrogen) atoms. The lowest BCUT2D eigenvalue weighted by Gasteiger charge is -2.05. The molecule has 3 N–H and O–H groups in total. The molecule has 2 aromatic carbocycles. The standard InChI is InChI=1S/C21H25N5/c1-16-10-12-19(13-11-16)24-21(22)23-14-6-7-18-15-26(25-17(18)2)20-8-4-3-5-9-20/h3-5,8-13,15H,6-7,14H2,1-2H3,(H3,22,23,24). The summed E-state index contributed by atoms with van der Waals surface area (Å²) in [5, 5.41) is 7.72. The first kappa shape index (κ1) is 17.7. The number of guanidine groups is 1. The van der Waals surface area contributed by atoms with E-state index in [1.165, 1.54) is 11.1 Å².